The molecule has 0 aromatic rings. The summed E-state index contributed by atoms with van der Waals surface area (Å²) in [6.45, 7) is 6.22. The van der Waals surface area contributed by atoms with Gasteiger partial charge in [-0.15, -0.1) is 0 Å². The molecule has 0 heterocycles. The Morgan fingerprint density at radius 3 is 2.40 bits per heavy atom. The van der Waals surface area contributed by atoms with Crippen LogP contribution in [-0.2, 0) is 0 Å². The molecule has 0 bridgehead atoms. The largest absolute Gasteiger partial charge is 0.386 e. The highest BCUT2D eigenvalue weighted by Crippen LogP contribution is 2.11. The van der Waals surface area contributed by atoms with E-state index >= 15 is 0 Å². The van der Waals surface area contributed by atoms with Crippen molar-refractivity contribution in [3.63, 3.8) is 0 Å². The Morgan fingerprint density at radius 2 is 2.10 bits per heavy atom. The van der Waals surface area contributed by atoms with Crippen molar-refractivity contribution >= 4 is 0 Å². The minimum atomic E-state index is -0.715. The zero-order valence-corrected chi connectivity index (χ0v) is 7.02. The second kappa shape index (κ2) is 3.74. The third-order valence-corrected chi connectivity index (χ3v) is 1.25. The SMILES string of the molecule is CC(C)=CC(C)(O)CCN. The minimum Gasteiger partial charge on any atom is -0.386 e. The number of nitrogens with two attached hydrogens (primary N) is 1. The predicted molar refractivity (Wildman–Crippen MR) is 43.7 cm³/mol. The summed E-state index contributed by atoms with van der Waals surface area (Å²) < 4.78 is 0. The van der Waals surface area contributed by atoms with Crippen LogP contribution < -0.4 is 5.73 Å². The van der Waals surface area contributed by atoms with Crippen LogP contribution in [0.15, 0.2) is 11.6 Å². The van der Waals surface area contributed by atoms with Gasteiger partial charge in [-0.25, -0.2) is 0 Å². The first-order chi connectivity index (χ1) is 4.48. The molecule has 2 heteroatoms. The van der Waals surface area contributed by atoms with Gasteiger partial charge in [0.05, 0.1) is 5.60 Å². The van der Waals surface area contributed by atoms with Gasteiger partial charge in [0.1, 0.15) is 0 Å². The normalized spacial score (nSPS) is 16.1. The Balaban J connectivity index is 3.98. The van der Waals surface area contributed by atoms with Crippen LogP contribution in [0.2, 0.25) is 0 Å². The first-order valence-electron chi connectivity index (χ1n) is 3.56. The summed E-state index contributed by atoms with van der Waals surface area (Å²) in [5.74, 6) is 0. The van der Waals surface area contributed by atoms with Crippen molar-refractivity contribution in [2.75, 3.05) is 6.54 Å². The van der Waals surface area contributed by atoms with E-state index < -0.39 is 5.60 Å². The molecule has 0 aromatic heterocycles. The number of rotatable bonds is 3. The van der Waals surface area contributed by atoms with Gasteiger partial charge in [0.25, 0.3) is 0 Å². The Morgan fingerprint density at radius 1 is 1.60 bits per heavy atom. The third kappa shape index (κ3) is 4.53. The molecule has 0 saturated heterocycles. The summed E-state index contributed by atoms with van der Waals surface area (Å²) in [5.41, 5.74) is 5.71. The monoisotopic (exact) mass is 143 g/mol. The van der Waals surface area contributed by atoms with Gasteiger partial charge in [0, 0.05) is 0 Å². The van der Waals surface area contributed by atoms with Gasteiger partial charge in [0.15, 0.2) is 0 Å². The van der Waals surface area contributed by atoms with Crippen molar-refractivity contribution in [3.8, 4) is 0 Å². The van der Waals surface area contributed by atoms with Crippen molar-refractivity contribution < 1.29 is 5.11 Å². The van der Waals surface area contributed by atoms with Gasteiger partial charge in [-0.2, -0.15) is 0 Å². The Labute approximate surface area is 62.7 Å². The van der Waals surface area contributed by atoms with Crippen LogP contribution in [0, 0.1) is 0 Å². The highest BCUT2D eigenvalue weighted by molar-refractivity contribution is 5.04. The number of aliphatic hydroxyl groups is 1. The first kappa shape index (κ1) is 9.66. The average Bonchev–Trinajstić information content (AvgIpc) is 1.59. The highest BCUT2D eigenvalue weighted by Gasteiger charge is 2.14. The third-order valence-electron chi connectivity index (χ3n) is 1.25. The van der Waals surface area contributed by atoms with E-state index in [1.165, 1.54) is 0 Å². The summed E-state index contributed by atoms with van der Waals surface area (Å²) >= 11 is 0. The zero-order chi connectivity index (χ0) is 8.20. The fourth-order valence-electron chi connectivity index (χ4n) is 0.986. The van der Waals surface area contributed by atoms with Crippen LogP contribution in [0.3, 0.4) is 0 Å². The second-order valence-electron chi connectivity index (χ2n) is 3.12. The van der Waals surface area contributed by atoms with Crippen LogP contribution in [0.5, 0.6) is 0 Å². The molecule has 0 aliphatic carbocycles. The molecule has 60 valence electrons. The van der Waals surface area contributed by atoms with E-state index in [9.17, 15) is 5.11 Å². The minimum absolute atomic E-state index is 0.525. The fraction of sp³-hybridized carbons (Fsp3) is 0.750. The van der Waals surface area contributed by atoms with E-state index in [1.54, 1.807) is 6.92 Å². The van der Waals surface area contributed by atoms with Crippen LogP contribution in [-0.4, -0.2) is 17.3 Å². The number of hydrogen-bond donors (Lipinski definition) is 2. The van der Waals surface area contributed by atoms with Crippen molar-refractivity contribution in [1.29, 1.82) is 0 Å². The molecule has 0 radical (unpaired) electrons. The molecule has 0 rings (SSSR count). The lowest BCUT2D eigenvalue weighted by Gasteiger charge is -2.18. The Bertz CT molecular complexity index is 123. The lowest BCUT2D eigenvalue weighted by atomic mass is 10.00. The number of hydrogen-bond acceptors (Lipinski definition) is 2. The summed E-state index contributed by atoms with van der Waals surface area (Å²) in [7, 11) is 0. The quantitative estimate of drug-likeness (QED) is 0.580. The van der Waals surface area contributed by atoms with E-state index in [1.807, 2.05) is 19.9 Å². The highest BCUT2D eigenvalue weighted by atomic mass is 16.3. The van der Waals surface area contributed by atoms with Crippen LogP contribution in [0.4, 0.5) is 0 Å². The molecular weight excluding hydrogens is 126 g/mol. The average molecular weight is 143 g/mol. The first-order valence-corrected chi connectivity index (χ1v) is 3.56. The molecule has 0 saturated carbocycles. The molecule has 0 aliphatic rings. The summed E-state index contributed by atoms with van der Waals surface area (Å²) in [4.78, 5) is 0. The van der Waals surface area contributed by atoms with Crippen LogP contribution >= 0.6 is 0 Å². The molecular formula is C8H17NO. The van der Waals surface area contributed by atoms with E-state index in [-0.39, 0.29) is 0 Å². The molecule has 0 aliphatic heterocycles. The molecule has 10 heavy (non-hydrogen) atoms. The standard InChI is InChI=1S/C8H17NO/c1-7(2)6-8(3,10)4-5-9/h6,10H,4-5,9H2,1-3H3. The second-order valence-corrected chi connectivity index (χ2v) is 3.12. The van der Waals surface area contributed by atoms with Crippen molar-refractivity contribution in [2.24, 2.45) is 5.73 Å². The van der Waals surface area contributed by atoms with Crippen molar-refractivity contribution in [2.45, 2.75) is 32.8 Å². The van der Waals surface area contributed by atoms with E-state index in [0.29, 0.717) is 13.0 Å². The molecule has 2 nitrogen and oxygen atoms in total. The van der Waals surface area contributed by atoms with Gasteiger partial charge in [-0.3, -0.25) is 0 Å². The lowest BCUT2D eigenvalue weighted by Crippen LogP contribution is -2.25. The van der Waals surface area contributed by atoms with E-state index in [2.05, 4.69) is 0 Å². The van der Waals surface area contributed by atoms with Gasteiger partial charge < -0.3 is 10.8 Å². The molecule has 0 amide bonds. The molecule has 0 fully saturated rings. The van der Waals surface area contributed by atoms with Crippen LogP contribution in [0.1, 0.15) is 27.2 Å². The van der Waals surface area contributed by atoms with E-state index in [4.69, 9.17) is 5.73 Å². The Kier molecular flexibility index (Phi) is 3.61. The fourth-order valence-corrected chi connectivity index (χ4v) is 0.986. The predicted octanol–water partition coefficient (Wildman–Crippen LogP) is 1.05. The van der Waals surface area contributed by atoms with Crippen molar-refractivity contribution in [1.82, 2.24) is 0 Å². The van der Waals surface area contributed by atoms with Gasteiger partial charge in [0.2, 0.25) is 0 Å². The molecule has 3 N–H and O–H groups in total. The lowest BCUT2D eigenvalue weighted by molar-refractivity contribution is 0.104. The van der Waals surface area contributed by atoms with Gasteiger partial charge >= 0.3 is 0 Å². The van der Waals surface area contributed by atoms with Crippen molar-refractivity contribution in [3.05, 3.63) is 11.6 Å². The molecule has 1 atom stereocenters. The van der Waals surface area contributed by atoms with E-state index in [0.717, 1.165) is 5.57 Å². The number of allylic oxidation sites excluding steroid dienone is 1. The zero-order valence-electron chi connectivity index (χ0n) is 7.02. The summed E-state index contributed by atoms with van der Waals surface area (Å²) in [6, 6.07) is 0. The summed E-state index contributed by atoms with van der Waals surface area (Å²) in [5, 5.41) is 9.53. The topological polar surface area (TPSA) is 46.2 Å². The maximum Gasteiger partial charge on any atom is 0.0814 e. The Hall–Kier alpha value is -0.340. The maximum atomic E-state index is 9.53. The van der Waals surface area contributed by atoms with Gasteiger partial charge in [-0.05, 0) is 33.7 Å². The molecule has 0 aromatic carbocycles. The summed E-state index contributed by atoms with van der Waals surface area (Å²) in [6.07, 6.45) is 2.46. The van der Waals surface area contributed by atoms with Crippen LogP contribution in [0.25, 0.3) is 0 Å². The maximum absolute atomic E-state index is 9.53. The molecule has 0 spiro atoms. The molecule has 1 unspecified atom stereocenters. The van der Waals surface area contributed by atoms with Gasteiger partial charge in [-0.1, -0.05) is 11.6 Å². The smallest absolute Gasteiger partial charge is 0.0814 e.